The average molecular weight is 261 g/mol. The first-order valence-electron chi connectivity index (χ1n) is 6.34. The van der Waals surface area contributed by atoms with Crippen molar-refractivity contribution in [1.82, 2.24) is 25.3 Å². The van der Waals surface area contributed by atoms with E-state index in [2.05, 4.69) is 27.5 Å². The third-order valence-corrected chi connectivity index (χ3v) is 2.64. The molecule has 0 aliphatic carbocycles. The largest absolute Gasteiger partial charge is 0.485 e. The molecule has 1 N–H and O–H groups in total. The lowest BCUT2D eigenvalue weighted by Crippen LogP contribution is -2.14. The molecule has 0 unspecified atom stereocenters. The molecule has 0 aliphatic rings. The van der Waals surface area contributed by atoms with Crippen LogP contribution in [0.5, 0.6) is 5.75 Å². The van der Waals surface area contributed by atoms with Crippen molar-refractivity contribution in [2.45, 2.75) is 27.0 Å². The van der Waals surface area contributed by atoms with Gasteiger partial charge in [0, 0.05) is 19.3 Å². The fraction of sp³-hybridized carbons (Fsp3) is 0.462. The van der Waals surface area contributed by atoms with Crippen molar-refractivity contribution in [2.75, 3.05) is 6.54 Å². The highest BCUT2D eigenvalue weighted by Crippen LogP contribution is 2.18. The number of pyridine rings is 1. The molecule has 2 rings (SSSR count). The van der Waals surface area contributed by atoms with Crippen molar-refractivity contribution >= 4 is 0 Å². The maximum atomic E-state index is 5.77. The Hall–Kier alpha value is -1.95. The van der Waals surface area contributed by atoms with Gasteiger partial charge in [-0.3, -0.25) is 9.67 Å². The Balaban J connectivity index is 2.05. The summed E-state index contributed by atoms with van der Waals surface area (Å²) < 4.78 is 7.43. The van der Waals surface area contributed by atoms with Crippen molar-refractivity contribution in [2.24, 2.45) is 7.05 Å². The summed E-state index contributed by atoms with van der Waals surface area (Å²) in [7, 11) is 1.83. The molecule has 0 saturated carbocycles. The smallest absolute Gasteiger partial charge is 0.142 e. The molecular formula is C13H19N5O. The summed E-state index contributed by atoms with van der Waals surface area (Å²) in [6.07, 6.45) is 1.84. The topological polar surface area (TPSA) is 64.9 Å². The molecule has 19 heavy (non-hydrogen) atoms. The van der Waals surface area contributed by atoms with E-state index in [0.29, 0.717) is 13.2 Å². The molecule has 0 fully saturated rings. The van der Waals surface area contributed by atoms with Gasteiger partial charge in [-0.15, -0.1) is 5.10 Å². The standard InChI is InChI=1S/C13H19N5O/c1-4-14-7-12-13(6-5-10(2)15-12)19-9-11-8-18(3)17-16-11/h5-6,8,14H,4,7,9H2,1-3H3. The Labute approximate surface area is 112 Å². The minimum absolute atomic E-state index is 0.401. The van der Waals surface area contributed by atoms with E-state index < -0.39 is 0 Å². The van der Waals surface area contributed by atoms with Gasteiger partial charge in [0.2, 0.25) is 0 Å². The van der Waals surface area contributed by atoms with E-state index in [4.69, 9.17) is 4.74 Å². The van der Waals surface area contributed by atoms with Crippen LogP contribution in [0.4, 0.5) is 0 Å². The van der Waals surface area contributed by atoms with Crippen LogP contribution in [0.3, 0.4) is 0 Å². The van der Waals surface area contributed by atoms with Crippen LogP contribution in [0.25, 0.3) is 0 Å². The number of nitrogens with zero attached hydrogens (tertiary/aromatic N) is 4. The SMILES string of the molecule is CCNCc1nc(C)ccc1OCc1cn(C)nn1. The van der Waals surface area contributed by atoms with Gasteiger partial charge >= 0.3 is 0 Å². The average Bonchev–Trinajstić information content (AvgIpc) is 2.81. The van der Waals surface area contributed by atoms with Gasteiger partial charge in [-0.05, 0) is 25.6 Å². The third kappa shape index (κ3) is 3.75. The van der Waals surface area contributed by atoms with Crippen LogP contribution >= 0.6 is 0 Å². The zero-order valence-corrected chi connectivity index (χ0v) is 11.6. The van der Waals surface area contributed by atoms with Crippen LogP contribution in [0.2, 0.25) is 0 Å². The fourth-order valence-corrected chi connectivity index (χ4v) is 1.71. The predicted octanol–water partition coefficient (Wildman–Crippen LogP) is 1.21. The minimum Gasteiger partial charge on any atom is -0.485 e. The normalized spacial score (nSPS) is 10.7. The lowest BCUT2D eigenvalue weighted by molar-refractivity contribution is 0.295. The first-order chi connectivity index (χ1) is 9.19. The molecule has 102 valence electrons. The van der Waals surface area contributed by atoms with Crippen LogP contribution in [0, 0.1) is 6.92 Å². The Morgan fingerprint density at radius 2 is 2.21 bits per heavy atom. The van der Waals surface area contributed by atoms with Gasteiger partial charge in [-0.25, -0.2) is 0 Å². The van der Waals surface area contributed by atoms with Gasteiger partial charge in [0.15, 0.2) is 0 Å². The highest BCUT2D eigenvalue weighted by Gasteiger charge is 2.07. The van der Waals surface area contributed by atoms with Gasteiger partial charge in [-0.2, -0.15) is 0 Å². The quantitative estimate of drug-likeness (QED) is 0.846. The maximum Gasteiger partial charge on any atom is 0.142 e. The lowest BCUT2D eigenvalue weighted by atomic mass is 10.3. The molecule has 0 amide bonds. The summed E-state index contributed by atoms with van der Waals surface area (Å²) in [5, 5.41) is 11.1. The highest BCUT2D eigenvalue weighted by molar-refractivity contribution is 5.29. The molecule has 0 radical (unpaired) electrons. The first kappa shape index (κ1) is 13.5. The van der Waals surface area contributed by atoms with E-state index in [0.717, 1.165) is 29.4 Å². The Morgan fingerprint density at radius 3 is 2.89 bits per heavy atom. The highest BCUT2D eigenvalue weighted by atomic mass is 16.5. The van der Waals surface area contributed by atoms with Gasteiger partial charge in [0.1, 0.15) is 18.1 Å². The van der Waals surface area contributed by atoms with E-state index in [-0.39, 0.29) is 0 Å². The molecular weight excluding hydrogens is 242 g/mol. The summed E-state index contributed by atoms with van der Waals surface area (Å²) in [5.74, 6) is 0.789. The predicted molar refractivity (Wildman–Crippen MR) is 71.7 cm³/mol. The van der Waals surface area contributed by atoms with Gasteiger partial charge in [-0.1, -0.05) is 12.1 Å². The molecule has 2 aromatic rings. The third-order valence-electron chi connectivity index (χ3n) is 2.64. The number of aromatic nitrogens is 4. The number of nitrogens with one attached hydrogen (secondary N) is 1. The van der Waals surface area contributed by atoms with Crippen molar-refractivity contribution in [3.05, 3.63) is 35.4 Å². The van der Waals surface area contributed by atoms with E-state index in [1.54, 1.807) is 4.68 Å². The van der Waals surface area contributed by atoms with Crippen LogP contribution in [0.15, 0.2) is 18.3 Å². The Kier molecular flexibility index (Phi) is 4.46. The molecule has 0 aliphatic heterocycles. The summed E-state index contributed by atoms with van der Waals surface area (Å²) in [5.41, 5.74) is 2.71. The number of ether oxygens (including phenoxy) is 1. The summed E-state index contributed by atoms with van der Waals surface area (Å²) in [4.78, 5) is 4.50. The van der Waals surface area contributed by atoms with Gasteiger partial charge < -0.3 is 10.1 Å². The monoisotopic (exact) mass is 261 g/mol. The van der Waals surface area contributed by atoms with E-state index in [9.17, 15) is 0 Å². The van der Waals surface area contributed by atoms with E-state index in [1.165, 1.54) is 0 Å². The number of rotatable bonds is 6. The second-order valence-electron chi connectivity index (χ2n) is 4.35. The lowest BCUT2D eigenvalue weighted by Gasteiger charge is -2.10. The number of aryl methyl sites for hydroxylation is 2. The molecule has 0 bridgehead atoms. The van der Waals surface area contributed by atoms with Crippen molar-refractivity contribution < 1.29 is 4.74 Å². The summed E-state index contributed by atoms with van der Waals surface area (Å²) in [6.45, 7) is 6.04. The van der Waals surface area contributed by atoms with E-state index in [1.807, 2.05) is 32.3 Å². The molecule has 2 aromatic heterocycles. The zero-order valence-electron chi connectivity index (χ0n) is 11.6. The molecule has 6 nitrogen and oxygen atoms in total. The molecule has 0 spiro atoms. The molecule has 6 heteroatoms. The molecule has 0 aromatic carbocycles. The van der Waals surface area contributed by atoms with Crippen molar-refractivity contribution in [3.8, 4) is 5.75 Å². The second-order valence-corrected chi connectivity index (χ2v) is 4.35. The van der Waals surface area contributed by atoms with Gasteiger partial charge in [0.25, 0.3) is 0 Å². The van der Waals surface area contributed by atoms with Gasteiger partial charge in [0.05, 0.1) is 11.9 Å². The van der Waals surface area contributed by atoms with Crippen molar-refractivity contribution in [3.63, 3.8) is 0 Å². The zero-order chi connectivity index (χ0) is 13.7. The Morgan fingerprint density at radius 1 is 1.37 bits per heavy atom. The summed E-state index contributed by atoms with van der Waals surface area (Å²) in [6, 6.07) is 3.90. The van der Waals surface area contributed by atoms with E-state index >= 15 is 0 Å². The molecule has 2 heterocycles. The fourth-order valence-electron chi connectivity index (χ4n) is 1.71. The number of hydrogen-bond acceptors (Lipinski definition) is 5. The molecule has 0 atom stereocenters. The number of hydrogen-bond donors (Lipinski definition) is 1. The Bertz CT molecular complexity index is 538. The molecule has 0 saturated heterocycles. The van der Waals surface area contributed by atoms with Crippen LogP contribution < -0.4 is 10.1 Å². The summed E-state index contributed by atoms with van der Waals surface area (Å²) >= 11 is 0. The second kappa shape index (κ2) is 6.29. The minimum atomic E-state index is 0.401. The van der Waals surface area contributed by atoms with Crippen molar-refractivity contribution in [1.29, 1.82) is 0 Å². The van der Waals surface area contributed by atoms with Crippen LogP contribution in [-0.2, 0) is 20.2 Å². The maximum absolute atomic E-state index is 5.77. The van der Waals surface area contributed by atoms with Crippen LogP contribution in [-0.4, -0.2) is 26.5 Å². The van der Waals surface area contributed by atoms with Crippen LogP contribution in [0.1, 0.15) is 24.0 Å². The first-order valence-corrected chi connectivity index (χ1v) is 6.34.